The fourth-order valence-electron chi connectivity index (χ4n) is 2.56. The van der Waals surface area contributed by atoms with Gasteiger partial charge in [0.1, 0.15) is 5.82 Å². The average molecular weight is 425 g/mol. The largest absolute Gasteiger partial charge is 0.355 e. The summed E-state index contributed by atoms with van der Waals surface area (Å²) < 4.78 is 13.5. The lowest BCUT2D eigenvalue weighted by molar-refractivity contribution is -0.123. The van der Waals surface area contributed by atoms with Crippen LogP contribution >= 0.6 is 35.1 Å². The highest BCUT2D eigenvalue weighted by Crippen LogP contribution is 2.38. The van der Waals surface area contributed by atoms with Crippen molar-refractivity contribution in [3.63, 3.8) is 0 Å². The molecule has 2 amide bonds. The Morgan fingerprint density at radius 3 is 2.93 bits per heavy atom. The Labute approximate surface area is 170 Å². The van der Waals surface area contributed by atoms with Gasteiger partial charge in [-0.1, -0.05) is 29.8 Å². The van der Waals surface area contributed by atoms with Crippen LogP contribution in [-0.2, 0) is 15.3 Å². The van der Waals surface area contributed by atoms with E-state index in [4.69, 9.17) is 11.6 Å². The number of thioether (sulfide) groups is 2. The molecule has 4 nitrogen and oxygen atoms in total. The van der Waals surface area contributed by atoms with Gasteiger partial charge < -0.3 is 10.6 Å². The highest BCUT2D eigenvalue weighted by molar-refractivity contribution is 8.01. The number of anilines is 1. The second kappa shape index (κ2) is 9.48. The van der Waals surface area contributed by atoms with E-state index in [1.165, 1.54) is 17.8 Å². The van der Waals surface area contributed by atoms with E-state index in [9.17, 15) is 14.0 Å². The minimum Gasteiger partial charge on any atom is -0.355 e. The van der Waals surface area contributed by atoms with Gasteiger partial charge in [-0.25, -0.2) is 4.39 Å². The predicted molar refractivity (Wildman–Crippen MR) is 110 cm³/mol. The first-order chi connectivity index (χ1) is 13.0. The number of amides is 2. The first kappa shape index (κ1) is 20.0. The highest BCUT2D eigenvalue weighted by atomic mass is 35.5. The molecule has 1 unspecified atom stereocenters. The molecule has 1 aliphatic heterocycles. The molecule has 1 atom stereocenters. The summed E-state index contributed by atoms with van der Waals surface area (Å²) in [6.07, 6.45) is 0.108. The summed E-state index contributed by atoms with van der Waals surface area (Å²) in [5.74, 6) is 0.648. The fraction of sp³-hybridized carbons (Fsp3) is 0.263. The Bertz CT molecular complexity index is 850. The maximum Gasteiger partial charge on any atom is 0.238 e. The maximum absolute atomic E-state index is 13.5. The summed E-state index contributed by atoms with van der Waals surface area (Å²) in [7, 11) is 0. The molecule has 3 rings (SSSR count). The summed E-state index contributed by atoms with van der Waals surface area (Å²) in [6, 6.07) is 12.0. The van der Waals surface area contributed by atoms with Crippen molar-refractivity contribution in [3.8, 4) is 0 Å². The second-order valence-corrected chi connectivity index (χ2v) is 8.72. The zero-order chi connectivity index (χ0) is 19.2. The van der Waals surface area contributed by atoms with Crippen LogP contribution in [0, 0.1) is 5.82 Å². The Morgan fingerprint density at radius 2 is 2.11 bits per heavy atom. The molecular formula is C19H18ClFN2O2S2. The Hall–Kier alpha value is -1.70. The van der Waals surface area contributed by atoms with Crippen LogP contribution in [0.3, 0.4) is 0 Å². The van der Waals surface area contributed by atoms with Gasteiger partial charge in [0, 0.05) is 34.4 Å². The summed E-state index contributed by atoms with van der Waals surface area (Å²) in [5, 5.41) is 5.70. The van der Waals surface area contributed by atoms with E-state index in [1.807, 2.05) is 6.07 Å². The Kier molecular flexibility index (Phi) is 7.04. The van der Waals surface area contributed by atoms with Crippen LogP contribution in [0.2, 0.25) is 5.02 Å². The maximum atomic E-state index is 13.5. The van der Waals surface area contributed by atoms with Crippen LogP contribution in [0.15, 0.2) is 47.4 Å². The lowest BCUT2D eigenvalue weighted by Gasteiger charge is -2.23. The summed E-state index contributed by atoms with van der Waals surface area (Å²) in [5.41, 5.74) is 1.33. The van der Waals surface area contributed by atoms with E-state index in [0.29, 0.717) is 34.3 Å². The van der Waals surface area contributed by atoms with Gasteiger partial charge in [-0.15, -0.1) is 11.8 Å². The molecule has 2 N–H and O–H groups in total. The first-order valence-corrected chi connectivity index (χ1v) is 10.8. The van der Waals surface area contributed by atoms with Gasteiger partial charge in [-0.2, -0.15) is 11.8 Å². The lowest BCUT2D eigenvalue weighted by atomic mass is 10.2. The van der Waals surface area contributed by atoms with E-state index in [1.54, 1.807) is 42.1 Å². The number of hydrogen-bond donors (Lipinski definition) is 2. The van der Waals surface area contributed by atoms with Crippen LogP contribution in [0.5, 0.6) is 0 Å². The third-order valence-electron chi connectivity index (χ3n) is 3.92. The lowest BCUT2D eigenvalue weighted by Crippen LogP contribution is -2.35. The van der Waals surface area contributed by atoms with Crippen molar-refractivity contribution in [2.24, 2.45) is 0 Å². The summed E-state index contributed by atoms with van der Waals surface area (Å²) in [6.45, 7) is 0.475. The van der Waals surface area contributed by atoms with Crippen molar-refractivity contribution in [1.29, 1.82) is 0 Å². The number of carbonyl (C=O) groups is 2. The van der Waals surface area contributed by atoms with Gasteiger partial charge in [0.15, 0.2) is 0 Å². The minimum atomic E-state index is -0.468. The number of rotatable bonds is 7. The highest BCUT2D eigenvalue weighted by Gasteiger charge is 2.28. The molecule has 0 saturated heterocycles. The van der Waals surface area contributed by atoms with Gasteiger partial charge in [0.2, 0.25) is 11.8 Å². The average Bonchev–Trinajstić information content (AvgIpc) is 2.63. The molecule has 0 bridgehead atoms. The molecule has 2 aromatic carbocycles. The molecule has 142 valence electrons. The molecule has 27 heavy (non-hydrogen) atoms. The molecule has 0 fully saturated rings. The third-order valence-corrected chi connectivity index (χ3v) is 6.43. The van der Waals surface area contributed by atoms with E-state index >= 15 is 0 Å². The molecule has 0 spiro atoms. The van der Waals surface area contributed by atoms with Crippen molar-refractivity contribution in [1.82, 2.24) is 5.32 Å². The minimum absolute atomic E-state index is 0.108. The van der Waals surface area contributed by atoms with E-state index in [2.05, 4.69) is 10.6 Å². The number of nitrogens with one attached hydrogen (secondary N) is 2. The monoisotopic (exact) mass is 424 g/mol. The van der Waals surface area contributed by atoms with E-state index < -0.39 is 5.25 Å². The third kappa shape index (κ3) is 5.64. The van der Waals surface area contributed by atoms with Gasteiger partial charge in [-0.05, 0) is 29.8 Å². The quantitative estimate of drug-likeness (QED) is 0.649. The summed E-state index contributed by atoms with van der Waals surface area (Å²) >= 11 is 8.84. The Morgan fingerprint density at radius 1 is 1.30 bits per heavy atom. The molecular weight excluding hydrogens is 407 g/mol. The molecule has 0 aromatic heterocycles. The van der Waals surface area contributed by atoms with Crippen molar-refractivity contribution in [2.45, 2.75) is 22.3 Å². The van der Waals surface area contributed by atoms with Crippen molar-refractivity contribution >= 4 is 52.6 Å². The van der Waals surface area contributed by atoms with Crippen LogP contribution in [0.1, 0.15) is 12.0 Å². The number of benzene rings is 2. The topological polar surface area (TPSA) is 58.2 Å². The van der Waals surface area contributed by atoms with Crippen molar-refractivity contribution in [3.05, 3.63) is 58.9 Å². The van der Waals surface area contributed by atoms with Gasteiger partial charge >= 0.3 is 0 Å². The number of carbonyl (C=O) groups excluding carboxylic acids is 2. The smallest absolute Gasteiger partial charge is 0.238 e. The van der Waals surface area contributed by atoms with Gasteiger partial charge in [-0.3, -0.25) is 9.59 Å². The zero-order valence-corrected chi connectivity index (χ0v) is 16.7. The standard InChI is InChI=1S/C19H18ClFN2O2S2/c20-13-5-6-16-15(9-13)23-19(25)17(27-16)10-18(24)22-7-8-26-11-12-3-1-2-4-14(12)21/h1-6,9,17H,7-8,10-11H2,(H,22,24)(H,23,25). The van der Waals surface area contributed by atoms with E-state index in [-0.39, 0.29) is 24.1 Å². The zero-order valence-electron chi connectivity index (χ0n) is 14.3. The molecule has 2 aromatic rings. The van der Waals surface area contributed by atoms with Crippen LogP contribution in [-0.4, -0.2) is 29.4 Å². The number of hydrogen-bond acceptors (Lipinski definition) is 4. The van der Waals surface area contributed by atoms with E-state index in [0.717, 1.165) is 4.90 Å². The SMILES string of the molecule is O=C(CC1Sc2ccc(Cl)cc2NC1=O)NCCSCc1ccccc1F. The van der Waals surface area contributed by atoms with Gasteiger partial charge in [0.25, 0.3) is 0 Å². The first-order valence-electron chi connectivity index (χ1n) is 8.38. The number of fused-ring (bicyclic) bond motifs is 1. The molecule has 1 heterocycles. The van der Waals surface area contributed by atoms with Crippen LogP contribution in [0.4, 0.5) is 10.1 Å². The van der Waals surface area contributed by atoms with Crippen LogP contribution in [0.25, 0.3) is 0 Å². The Balaban J connectivity index is 1.40. The molecule has 0 aliphatic carbocycles. The van der Waals surface area contributed by atoms with Crippen molar-refractivity contribution < 1.29 is 14.0 Å². The van der Waals surface area contributed by atoms with Crippen LogP contribution < -0.4 is 10.6 Å². The van der Waals surface area contributed by atoms with Gasteiger partial charge in [0.05, 0.1) is 10.9 Å². The molecule has 0 saturated carbocycles. The van der Waals surface area contributed by atoms with Crippen molar-refractivity contribution in [2.75, 3.05) is 17.6 Å². The fourth-order valence-corrected chi connectivity index (χ4v) is 4.67. The predicted octanol–water partition coefficient (Wildman–Crippen LogP) is 4.33. The molecule has 1 aliphatic rings. The molecule has 8 heteroatoms. The normalized spacial score (nSPS) is 15.8. The molecule has 0 radical (unpaired) electrons. The summed E-state index contributed by atoms with van der Waals surface area (Å²) in [4.78, 5) is 25.2. The second-order valence-electron chi connectivity index (χ2n) is 5.93. The number of halogens is 2.